The zero-order chi connectivity index (χ0) is 18.6. The molecule has 0 aliphatic rings. The van der Waals surface area contributed by atoms with Crippen molar-refractivity contribution in [1.29, 1.82) is 0 Å². The van der Waals surface area contributed by atoms with E-state index in [1.807, 2.05) is 30.3 Å². The maximum atomic E-state index is 11.1. The number of hydrogen-bond acceptors (Lipinski definition) is 6. The van der Waals surface area contributed by atoms with Gasteiger partial charge in [-0.1, -0.05) is 30.3 Å². The first-order chi connectivity index (χ1) is 12.7. The highest BCUT2D eigenvalue weighted by molar-refractivity contribution is 5.69. The maximum Gasteiger partial charge on any atom is 0.308 e. The SMILES string of the molecule is COC(=O)CCOc1ccc(OCCOCc2ccccc2)c(OC)c1. The highest BCUT2D eigenvalue weighted by atomic mass is 16.5. The van der Waals surface area contributed by atoms with Crippen LogP contribution in [0.1, 0.15) is 12.0 Å². The molecular weight excluding hydrogens is 336 g/mol. The van der Waals surface area contributed by atoms with Crippen LogP contribution in [0, 0.1) is 0 Å². The van der Waals surface area contributed by atoms with Crippen LogP contribution < -0.4 is 14.2 Å². The van der Waals surface area contributed by atoms with E-state index in [0.717, 1.165) is 5.56 Å². The lowest BCUT2D eigenvalue weighted by Gasteiger charge is -2.13. The van der Waals surface area contributed by atoms with Crippen LogP contribution in [-0.4, -0.2) is 40.0 Å². The van der Waals surface area contributed by atoms with Gasteiger partial charge in [0.1, 0.15) is 12.4 Å². The average molecular weight is 360 g/mol. The molecule has 6 heteroatoms. The standard InChI is InChI=1S/C20H24O6/c1-22-19-14-17(25-11-10-20(21)23-2)8-9-18(19)26-13-12-24-15-16-6-4-3-5-7-16/h3-9,14H,10-13,15H2,1-2H3. The van der Waals surface area contributed by atoms with Gasteiger partial charge in [-0.05, 0) is 17.7 Å². The van der Waals surface area contributed by atoms with Crippen LogP contribution in [0.2, 0.25) is 0 Å². The summed E-state index contributed by atoms with van der Waals surface area (Å²) in [7, 11) is 2.91. The molecule has 0 radical (unpaired) electrons. The number of carbonyl (C=O) groups excluding carboxylic acids is 1. The Bertz CT molecular complexity index is 671. The molecule has 0 atom stereocenters. The van der Waals surface area contributed by atoms with Crippen molar-refractivity contribution in [2.24, 2.45) is 0 Å². The quantitative estimate of drug-likeness (QED) is 0.453. The van der Waals surface area contributed by atoms with E-state index in [2.05, 4.69) is 4.74 Å². The van der Waals surface area contributed by atoms with Crippen LogP contribution in [0.5, 0.6) is 17.2 Å². The second-order valence-corrected chi connectivity index (χ2v) is 5.37. The fourth-order valence-corrected chi connectivity index (χ4v) is 2.19. The van der Waals surface area contributed by atoms with Crippen molar-refractivity contribution >= 4 is 5.97 Å². The van der Waals surface area contributed by atoms with Crippen molar-refractivity contribution in [3.63, 3.8) is 0 Å². The molecule has 0 fully saturated rings. The van der Waals surface area contributed by atoms with Gasteiger partial charge < -0.3 is 23.7 Å². The monoisotopic (exact) mass is 360 g/mol. The molecule has 2 rings (SSSR count). The number of esters is 1. The van der Waals surface area contributed by atoms with Crippen molar-refractivity contribution < 1.29 is 28.5 Å². The molecule has 0 aromatic heterocycles. The Morgan fingerprint density at radius 2 is 1.69 bits per heavy atom. The average Bonchev–Trinajstić information content (AvgIpc) is 2.69. The summed E-state index contributed by atoms with van der Waals surface area (Å²) in [6.45, 7) is 1.67. The highest BCUT2D eigenvalue weighted by Crippen LogP contribution is 2.31. The number of rotatable bonds is 11. The van der Waals surface area contributed by atoms with Gasteiger partial charge in [-0.15, -0.1) is 0 Å². The van der Waals surface area contributed by atoms with Crippen LogP contribution in [-0.2, 0) is 20.9 Å². The number of carbonyl (C=O) groups is 1. The maximum absolute atomic E-state index is 11.1. The van der Waals surface area contributed by atoms with Crippen LogP contribution >= 0.6 is 0 Å². The van der Waals surface area contributed by atoms with Gasteiger partial charge >= 0.3 is 5.97 Å². The molecule has 0 saturated carbocycles. The minimum Gasteiger partial charge on any atom is -0.493 e. The fourth-order valence-electron chi connectivity index (χ4n) is 2.19. The second-order valence-electron chi connectivity index (χ2n) is 5.37. The zero-order valence-electron chi connectivity index (χ0n) is 15.1. The van der Waals surface area contributed by atoms with Crippen molar-refractivity contribution in [2.75, 3.05) is 34.0 Å². The van der Waals surface area contributed by atoms with E-state index in [1.165, 1.54) is 7.11 Å². The highest BCUT2D eigenvalue weighted by Gasteiger charge is 2.08. The summed E-state index contributed by atoms with van der Waals surface area (Å²) in [5.74, 6) is 1.45. The molecule has 140 valence electrons. The van der Waals surface area contributed by atoms with Gasteiger partial charge in [-0.2, -0.15) is 0 Å². The smallest absolute Gasteiger partial charge is 0.308 e. The first-order valence-corrected chi connectivity index (χ1v) is 8.35. The Labute approximate surface area is 153 Å². The van der Waals surface area contributed by atoms with E-state index in [9.17, 15) is 4.79 Å². The topological polar surface area (TPSA) is 63.2 Å². The Morgan fingerprint density at radius 3 is 2.42 bits per heavy atom. The van der Waals surface area contributed by atoms with Gasteiger partial charge in [-0.25, -0.2) is 0 Å². The summed E-state index contributed by atoms with van der Waals surface area (Å²) in [5, 5.41) is 0. The Kier molecular flexibility index (Phi) is 8.29. The van der Waals surface area contributed by atoms with E-state index in [0.29, 0.717) is 37.1 Å². The number of ether oxygens (including phenoxy) is 5. The summed E-state index contributed by atoms with van der Waals surface area (Å²) in [6, 6.07) is 15.2. The first-order valence-electron chi connectivity index (χ1n) is 8.35. The van der Waals surface area contributed by atoms with Gasteiger partial charge in [0.25, 0.3) is 0 Å². The Morgan fingerprint density at radius 1 is 0.885 bits per heavy atom. The molecule has 2 aromatic carbocycles. The lowest BCUT2D eigenvalue weighted by molar-refractivity contribution is -0.141. The molecule has 6 nitrogen and oxygen atoms in total. The molecule has 0 N–H and O–H groups in total. The molecule has 0 heterocycles. The van der Waals surface area contributed by atoms with Gasteiger partial charge in [0.2, 0.25) is 0 Å². The minimum absolute atomic E-state index is 0.190. The summed E-state index contributed by atoms with van der Waals surface area (Å²) >= 11 is 0. The lowest BCUT2D eigenvalue weighted by Crippen LogP contribution is -2.08. The largest absolute Gasteiger partial charge is 0.493 e. The second kappa shape index (κ2) is 11.0. The molecule has 0 aliphatic carbocycles. The predicted molar refractivity (Wildman–Crippen MR) is 96.7 cm³/mol. The third-order valence-corrected chi connectivity index (χ3v) is 3.53. The first kappa shape index (κ1) is 19.6. The molecule has 26 heavy (non-hydrogen) atoms. The third-order valence-electron chi connectivity index (χ3n) is 3.53. The molecule has 0 bridgehead atoms. The van der Waals surface area contributed by atoms with Crippen molar-refractivity contribution in [3.8, 4) is 17.2 Å². The Balaban J connectivity index is 1.75. The van der Waals surface area contributed by atoms with Crippen LogP contribution in [0.4, 0.5) is 0 Å². The molecule has 0 amide bonds. The zero-order valence-corrected chi connectivity index (χ0v) is 15.1. The molecule has 0 aliphatic heterocycles. The molecule has 0 spiro atoms. The van der Waals surface area contributed by atoms with E-state index in [1.54, 1.807) is 25.3 Å². The van der Waals surface area contributed by atoms with Crippen LogP contribution in [0.15, 0.2) is 48.5 Å². The number of benzene rings is 2. The molecular formula is C20H24O6. The number of hydrogen-bond donors (Lipinski definition) is 0. The number of methoxy groups -OCH3 is 2. The van der Waals surface area contributed by atoms with E-state index in [-0.39, 0.29) is 19.0 Å². The predicted octanol–water partition coefficient (Wildman–Crippen LogP) is 3.23. The van der Waals surface area contributed by atoms with Crippen molar-refractivity contribution in [2.45, 2.75) is 13.0 Å². The molecule has 2 aromatic rings. The van der Waals surface area contributed by atoms with Gasteiger partial charge in [-0.3, -0.25) is 4.79 Å². The fraction of sp³-hybridized carbons (Fsp3) is 0.350. The third kappa shape index (κ3) is 6.64. The normalized spacial score (nSPS) is 10.2. The van der Waals surface area contributed by atoms with Crippen LogP contribution in [0.25, 0.3) is 0 Å². The van der Waals surface area contributed by atoms with Crippen molar-refractivity contribution in [3.05, 3.63) is 54.1 Å². The van der Waals surface area contributed by atoms with Gasteiger partial charge in [0.15, 0.2) is 11.5 Å². The molecule has 0 saturated heterocycles. The summed E-state index contributed by atoms with van der Waals surface area (Å²) in [6.07, 6.45) is 0.190. The van der Waals surface area contributed by atoms with Gasteiger partial charge in [0, 0.05) is 6.07 Å². The summed E-state index contributed by atoms with van der Waals surface area (Å²) in [4.78, 5) is 11.1. The minimum atomic E-state index is -0.313. The van der Waals surface area contributed by atoms with Crippen molar-refractivity contribution in [1.82, 2.24) is 0 Å². The van der Waals surface area contributed by atoms with E-state index in [4.69, 9.17) is 18.9 Å². The van der Waals surface area contributed by atoms with E-state index >= 15 is 0 Å². The van der Waals surface area contributed by atoms with E-state index < -0.39 is 0 Å². The lowest BCUT2D eigenvalue weighted by atomic mass is 10.2. The van der Waals surface area contributed by atoms with Gasteiger partial charge in [0.05, 0.1) is 40.5 Å². The molecule has 0 unspecified atom stereocenters. The summed E-state index contributed by atoms with van der Waals surface area (Å²) in [5.41, 5.74) is 1.12. The Hall–Kier alpha value is -2.73. The van der Waals surface area contributed by atoms with Crippen LogP contribution in [0.3, 0.4) is 0 Å². The summed E-state index contributed by atoms with van der Waals surface area (Å²) < 4.78 is 26.7.